The molecule has 3 aromatic carbocycles. The highest BCUT2D eigenvalue weighted by Crippen LogP contribution is 2.66. The van der Waals surface area contributed by atoms with Crippen molar-refractivity contribution >= 4 is 34.9 Å². The first-order chi connectivity index (χ1) is 15.9. The van der Waals surface area contributed by atoms with Crippen LogP contribution in [-0.2, 0) is 14.5 Å². The van der Waals surface area contributed by atoms with Crippen molar-refractivity contribution < 1.29 is 19.1 Å². The molecule has 3 aliphatic carbocycles. The molecule has 2 atom stereocenters. The number of methoxy groups -OCH3 is 1. The van der Waals surface area contributed by atoms with Crippen LogP contribution in [0.1, 0.15) is 45.5 Å². The van der Waals surface area contributed by atoms with Crippen LogP contribution in [0, 0.1) is 11.8 Å². The van der Waals surface area contributed by atoms with E-state index in [1.165, 1.54) is 18.9 Å². The number of amides is 2. The maximum atomic E-state index is 14.0. The van der Waals surface area contributed by atoms with E-state index in [1.807, 2.05) is 48.5 Å². The molecule has 33 heavy (non-hydrogen) atoms. The number of benzene rings is 3. The highest BCUT2D eigenvalue weighted by Gasteiger charge is 2.68. The van der Waals surface area contributed by atoms with Gasteiger partial charge in [0.1, 0.15) is 10.6 Å². The number of alkyl halides is 1. The second kappa shape index (κ2) is 6.78. The van der Waals surface area contributed by atoms with Gasteiger partial charge in [-0.2, -0.15) is 0 Å². The molecule has 3 aromatic rings. The summed E-state index contributed by atoms with van der Waals surface area (Å²) in [5.74, 6) is -2.16. The first-order valence-corrected chi connectivity index (χ1v) is 11.2. The van der Waals surface area contributed by atoms with E-state index < -0.39 is 16.7 Å². The molecule has 164 valence electrons. The normalized spacial score (nSPS) is 26.6. The molecule has 1 heterocycles. The molecule has 1 aliphatic heterocycles. The zero-order valence-corrected chi connectivity index (χ0v) is 18.8. The van der Waals surface area contributed by atoms with Gasteiger partial charge in [-0.1, -0.05) is 48.5 Å². The fourth-order valence-corrected chi connectivity index (χ4v) is 6.57. The molecule has 6 heteroatoms. The van der Waals surface area contributed by atoms with Crippen molar-refractivity contribution in [3.05, 3.63) is 94.5 Å². The van der Waals surface area contributed by atoms with E-state index in [1.54, 1.807) is 18.2 Å². The molecule has 2 bridgehead atoms. The van der Waals surface area contributed by atoms with E-state index in [0.717, 1.165) is 22.3 Å². The third kappa shape index (κ3) is 2.40. The van der Waals surface area contributed by atoms with E-state index in [9.17, 15) is 14.4 Å². The highest BCUT2D eigenvalue weighted by atomic mass is 35.5. The molecule has 1 saturated heterocycles. The molecule has 0 unspecified atom stereocenters. The number of carbonyl (C=O) groups excluding carboxylic acids is 3. The standard InChI is InChI=1S/C27H20ClNO4/c1-14(30)15-11-12-21(33-2)20(13-15)29-25(31)23-22-16-7-3-5-9-18(16)27(28,24(23)26(29)32)19-10-6-4-8-17(19)22/h3-13,22-24H,1-2H3/t22?,23-,24+,27?/m0/s1. The lowest BCUT2D eigenvalue weighted by Gasteiger charge is -2.50. The van der Waals surface area contributed by atoms with Gasteiger partial charge in [0.05, 0.1) is 24.6 Å². The number of ketones is 1. The highest BCUT2D eigenvalue weighted by molar-refractivity contribution is 6.33. The molecular formula is C27H20ClNO4. The van der Waals surface area contributed by atoms with Crippen molar-refractivity contribution in [2.75, 3.05) is 12.0 Å². The van der Waals surface area contributed by atoms with E-state index in [2.05, 4.69) is 0 Å². The largest absolute Gasteiger partial charge is 0.495 e. The molecule has 2 amide bonds. The Morgan fingerprint density at radius 1 is 0.939 bits per heavy atom. The molecule has 0 spiro atoms. The SMILES string of the molecule is COc1ccc(C(C)=O)cc1N1C(=O)[C@H]2C3c4ccccc4C(Cl)(c4ccccc43)[C@H]2C1=O. The lowest BCUT2D eigenvalue weighted by Crippen LogP contribution is -2.50. The fraction of sp³-hybridized carbons (Fsp3) is 0.222. The molecule has 4 aliphatic rings. The molecule has 5 nitrogen and oxygen atoms in total. The summed E-state index contributed by atoms with van der Waals surface area (Å²) in [6.45, 7) is 1.44. The Balaban J connectivity index is 1.59. The number of halogens is 1. The number of nitrogens with zero attached hydrogens (tertiary/aromatic N) is 1. The van der Waals surface area contributed by atoms with Crippen LogP contribution in [0.3, 0.4) is 0 Å². The molecule has 0 N–H and O–H groups in total. The Kier molecular flexibility index (Phi) is 4.15. The predicted molar refractivity (Wildman–Crippen MR) is 124 cm³/mol. The second-order valence-electron chi connectivity index (χ2n) is 8.82. The van der Waals surface area contributed by atoms with Crippen molar-refractivity contribution in [1.29, 1.82) is 0 Å². The molecule has 7 rings (SSSR count). The van der Waals surface area contributed by atoms with E-state index in [-0.39, 0.29) is 29.2 Å². The number of hydrogen-bond acceptors (Lipinski definition) is 4. The first kappa shape index (κ1) is 20.2. The van der Waals surface area contributed by atoms with Gasteiger partial charge in [-0.05, 0) is 47.4 Å². The minimum Gasteiger partial charge on any atom is -0.495 e. The Morgan fingerprint density at radius 2 is 1.55 bits per heavy atom. The van der Waals surface area contributed by atoms with Gasteiger partial charge in [-0.15, -0.1) is 11.6 Å². The van der Waals surface area contributed by atoms with Gasteiger partial charge in [0.2, 0.25) is 11.8 Å². The van der Waals surface area contributed by atoms with Gasteiger partial charge in [0, 0.05) is 11.5 Å². The average molecular weight is 458 g/mol. The molecule has 1 fully saturated rings. The van der Waals surface area contributed by atoms with Gasteiger partial charge < -0.3 is 4.74 Å². The van der Waals surface area contributed by atoms with Crippen LogP contribution in [-0.4, -0.2) is 24.7 Å². The number of ether oxygens (including phenoxy) is 1. The van der Waals surface area contributed by atoms with Crippen LogP contribution in [0.2, 0.25) is 0 Å². The number of rotatable bonds is 3. The average Bonchev–Trinajstić information content (AvgIpc) is 3.10. The second-order valence-corrected chi connectivity index (χ2v) is 9.42. The van der Waals surface area contributed by atoms with Crippen LogP contribution >= 0.6 is 11.6 Å². The van der Waals surface area contributed by atoms with Crippen molar-refractivity contribution in [2.45, 2.75) is 17.7 Å². The van der Waals surface area contributed by atoms with Gasteiger partial charge in [-0.25, -0.2) is 4.90 Å². The Bertz CT molecular complexity index is 1330. The van der Waals surface area contributed by atoms with Crippen molar-refractivity contribution in [3.8, 4) is 5.75 Å². The molecular weight excluding hydrogens is 438 g/mol. The van der Waals surface area contributed by atoms with Crippen LogP contribution < -0.4 is 9.64 Å². The Labute approximate surface area is 195 Å². The Morgan fingerprint density at radius 3 is 2.12 bits per heavy atom. The van der Waals surface area contributed by atoms with Gasteiger partial charge in [-0.3, -0.25) is 14.4 Å². The third-order valence-corrected chi connectivity index (χ3v) is 7.98. The molecule has 0 radical (unpaired) electrons. The topological polar surface area (TPSA) is 63.7 Å². The zero-order chi connectivity index (χ0) is 23.1. The Hall–Kier alpha value is -3.44. The van der Waals surface area contributed by atoms with Gasteiger partial charge in [0.15, 0.2) is 5.78 Å². The lowest BCUT2D eigenvalue weighted by atomic mass is 9.54. The van der Waals surface area contributed by atoms with Crippen LogP contribution in [0.5, 0.6) is 5.75 Å². The molecule has 0 saturated carbocycles. The minimum absolute atomic E-state index is 0.163. The van der Waals surface area contributed by atoms with Crippen molar-refractivity contribution in [2.24, 2.45) is 11.8 Å². The maximum absolute atomic E-state index is 14.0. The van der Waals surface area contributed by atoms with Crippen LogP contribution in [0.4, 0.5) is 5.69 Å². The van der Waals surface area contributed by atoms with Crippen molar-refractivity contribution in [1.82, 2.24) is 0 Å². The number of imide groups is 1. The zero-order valence-electron chi connectivity index (χ0n) is 18.0. The number of carbonyl (C=O) groups is 3. The minimum atomic E-state index is -1.15. The smallest absolute Gasteiger partial charge is 0.240 e. The summed E-state index contributed by atoms with van der Waals surface area (Å²) in [6, 6.07) is 20.4. The van der Waals surface area contributed by atoms with E-state index in [4.69, 9.17) is 16.3 Å². The van der Waals surface area contributed by atoms with Crippen LogP contribution in [0.15, 0.2) is 66.7 Å². The summed E-state index contributed by atoms with van der Waals surface area (Å²) in [5, 5.41) is 0. The summed E-state index contributed by atoms with van der Waals surface area (Å²) in [7, 11) is 1.47. The summed E-state index contributed by atoms with van der Waals surface area (Å²) in [5.41, 5.74) is 4.41. The summed E-state index contributed by atoms with van der Waals surface area (Å²) in [4.78, 5) is 40.0. The fourth-order valence-electron chi connectivity index (χ4n) is 6.00. The number of Topliss-reactive ketones (excluding diaryl/α,β-unsaturated/α-hetero) is 1. The quantitative estimate of drug-likeness (QED) is 0.326. The van der Waals surface area contributed by atoms with Gasteiger partial charge >= 0.3 is 0 Å². The third-order valence-electron chi connectivity index (χ3n) is 7.34. The maximum Gasteiger partial charge on any atom is 0.240 e. The summed E-state index contributed by atoms with van der Waals surface area (Å²) in [6.07, 6.45) is 0. The number of hydrogen-bond donors (Lipinski definition) is 0. The van der Waals surface area contributed by atoms with Crippen molar-refractivity contribution in [3.63, 3.8) is 0 Å². The predicted octanol–water partition coefficient (Wildman–Crippen LogP) is 4.64. The van der Waals surface area contributed by atoms with Gasteiger partial charge in [0.25, 0.3) is 0 Å². The summed E-state index contributed by atoms with van der Waals surface area (Å²) >= 11 is 7.44. The summed E-state index contributed by atoms with van der Waals surface area (Å²) < 4.78 is 5.47. The van der Waals surface area contributed by atoms with E-state index in [0.29, 0.717) is 11.3 Å². The lowest BCUT2D eigenvalue weighted by molar-refractivity contribution is -0.122. The number of anilines is 1. The monoisotopic (exact) mass is 457 g/mol. The van der Waals surface area contributed by atoms with Crippen LogP contribution in [0.25, 0.3) is 0 Å². The molecule has 0 aromatic heterocycles. The van der Waals surface area contributed by atoms with E-state index >= 15 is 0 Å². The first-order valence-electron chi connectivity index (χ1n) is 10.8.